The molecule has 1 saturated carbocycles. The molecule has 1 aliphatic rings. The van der Waals surface area contributed by atoms with Gasteiger partial charge in [0.15, 0.2) is 9.84 Å². The zero-order valence-electron chi connectivity index (χ0n) is 17.8. The predicted molar refractivity (Wildman–Crippen MR) is 121 cm³/mol. The van der Waals surface area contributed by atoms with Crippen molar-refractivity contribution in [2.24, 2.45) is 11.7 Å². The molecule has 2 aromatic carbocycles. The van der Waals surface area contributed by atoms with Gasteiger partial charge in [0.1, 0.15) is 0 Å². The highest BCUT2D eigenvalue weighted by atomic mass is 32.2. The van der Waals surface area contributed by atoms with E-state index >= 15 is 0 Å². The maximum absolute atomic E-state index is 13.8. The van der Waals surface area contributed by atoms with Gasteiger partial charge in [-0.1, -0.05) is 31.0 Å². The zero-order chi connectivity index (χ0) is 24.0. The summed E-state index contributed by atoms with van der Waals surface area (Å²) in [6.45, 7) is 0. The van der Waals surface area contributed by atoms with Gasteiger partial charge in [-0.05, 0) is 48.6 Å². The van der Waals surface area contributed by atoms with Gasteiger partial charge in [0, 0.05) is 12.2 Å². The number of benzene rings is 2. The van der Waals surface area contributed by atoms with Crippen molar-refractivity contribution in [2.75, 3.05) is 6.26 Å². The van der Waals surface area contributed by atoms with E-state index in [1.807, 2.05) is 24.3 Å². The maximum Gasteiger partial charge on any atom is 0.417 e. The summed E-state index contributed by atoms with van der Waals surface area (Å²) >= 11 is 1.41. The van der Waals surface area contributed by atoms with Crippen LogP contribution in [0.5, 0.6) is 0 Å². The molecule has 1 fully saturated rings. The number of carbonyl (C=O) groups excluding carboxylic acids is 1. The standard InChI is InChI=1S/C23H23F3N2O3S2/c1-33(30,31)18-11-10-14(12-15(18)23(24,25)26)19(21(27)29)20(13-6-2-3-7-13)22-28-16-8-4-5-9-17(16)32-22/h4-5,8-13,19-20H,2-3,6-7H2,1H3,(H2,27,29). The summed E-state index contributed by atoms with van der Waals surface area (Å²) in [5.41, 5.74) is 5.31. The third-order valence-electron chi connectivity index (χ3n) is 6.24. The van der Waals surface area contributed by atoms with Gasteiger partial charge in [-0.2, -0.15) is 13.2 Å². The summed E-state index contributed by atoms with van der Waals surface area (Å²) < 4.78 is 66.3. The van der Waals surface area contributed by atoms with Crippen LogP contribution in [0.15, 0.2) is 47.4 Å². The number of amides is 1. The summed E-state index contributed by atoms with van der Waals surface area (Å²) in [6.07, 6.45) is -0.632. The van der Waals surface area contributed by atoms with Crippen LogP contribution in [-0.4, -0.2) is 25.6 Å². The largest absolute Gasteiger partial charge is 0.417 e. The fourth-order valence-electron chi connectivity index (χ4n) is 4.80. The highest BCUT2D eigenvalue weighted by Crippen LogP contribution is 2.48. The Morgan fingerprint density at radius 1 is 1.15 bits per heavy atom. The van der Waals surface area contributed by atoms with E-state index in [-0.39, 0.29) is 11.5 Å². The highest BCUT2D eigenvalue weighted by molar-refractivity contribution is 7.90. The van der Waals surface area contributed by atoms with E-state index in [1.165, 1.54) is 17.4 Å². The quantitative estimate of drug-likeness (QED) is 0.504. The van der Waals surface area contributed by atoms with Crippen molar-refractivity contribution in [3.63, 3.8) is 0 Å². The van der Waals surface area contributed by atoms with Crippen molar-refractivity contribution in [2.45, 2.75) is 48.6 Å². The minimum atomic E-state index is -4.91. The van der Waals surface area contributed by atoms with E-state index < -0.39 is 44.2 Å². The Kier molecular flexibility index (Phi) is 6.26. The number of sulfone groups is 1. The van der Waals surface area contributed by atoms with Crippen LogP contribution in [0.3, 0.4) is 0 Å². The first-order valence-corrected chi connectivity index (χ1v) is 13.2. The summed E-state index contributed by atoms with van der Waals surface area (Å²) in [6, 6.07) is 10.4. The SMILES string of the molecule is CS(=O)(=O)c1ccc(C(C(N)=O)C(c2nc3ccccc3s2)C2CCCC2)cc1C(F)(F)F. The lowest BCUT2D eigenvalue weighted by Crippen LogP contribution is -2.31. The Morgan fingerprint density at radius 3 is 2.39 bits per heavy atom. The molecule has 2 unspecified atom stereocenters. The van der Waals surface area contributed by atoms with Crippen molar-refractivity contribution >= 4 is 37.3 Å². The third-order valence-corrected chi connectivity index (χ3v) is 8.53. The molecule has 2 atom stereocenters. The summed E-state index contributed by atoms with van der Waals surface area (Å²) in [5, 5.41) is 0.660. The van der Waals surface area contributed by atoms with Crippen LogP contribution in [0.25, 0.3) is 10.2 Å². The zero-order valence-corrected chi connectivity index (χ0v) is 19.4. The number of carbonyl (C=O) groups is 1. The molecule has 1 amide bonds. The van der Waals surface area contributed by atoms with Crippen LogP contribution < -0.4 is 5.73 Å². The van der Waals surface area contributed by atoms with Gasteiger partial charge in [-0.25, -0.2) is 13.4 Å². The minimum Gasteiger partial charge on any atom is -0.369 e. The number of thiazole rings is 1. The van der Waals surface area contributed by atoms with E-state index in [2.05, 4.69) is 0 Å². The Bertz CT molecular complexity index is 1260. The lowest BCUT2D eigenvalue weighted by atomic mass is 9.76. The minimum absolute atomic E-state index is 0.0342. The Balaban J connectivity index is 1.90. The molecule has 176 valence electrons. The van der Waals surface area contributed by atoms with Crippen LogP contribution in [0.1, 0.15) is 53.7 Å². The van der Waals surface area contributed by atoms with Crippen LogP contribution in [0.2, 0.25) is 0 Å². The fraction of sp³-hybridized carbons (Fsp3) is 0.391. The fourth-order valence-corrected chi connectivity index (χ4v) is 6.89. The predicted octanol–water partition coefficient (Wildman–Crippen LogP) is 5.26. The first-order chi connectivity index (χ1) is 15.5. The average molecular weight is 497 g/mol. The molecular weight excluding hydrogens is 473 g/mol. The molecule has 0 bridgehead atoms. The van der Waals surface area contributed by atoms with E-state index in [1.54, 1.807) is 0 Å². The number of halogens is 3. The van der Waals surface area contributed by atoms with Gasteiger partial charge >= 0.3 is 6.18 Å². The Morgan fingerprint density at radius 2 is 1.82 bits per heavy atom. The molecule has 3 aromatic rings. The number of hydrogen-bond donors (Lipinski definition) is 1. The van der Waals surface area contributed by atoms with Crippen molar-refractivity contribution < 1.29 is 26.4 Å². The molecule has 0 saturated heterocycles. The number of alkyl halides is 3. The molecule has 10 heteroatoms. The van der Waals surface area contributed by atoms with Gasteiger partial charge in [0.05, 0.1) is 31.6 Å². The molecule has 1 aliphatic carbocycles. The number of aromatic nitrogens is 1. The normalized spacial score (nSPS) is 17.3. The second-order valence-electron chi connectivity index (χ2n) is 8.50. The number of nitrogens with zero attached hydrogens (tertiary/aromatic N) is 1. The van der Waals surface area contributed by atoms with E-state index in [4.69, 9.17) is 10.7 Å². The van der Waals surface area contributed by atoms with Crippen molar-refractivity contribution in [1.82, 2.24) is 4.98 Å². The van der Waals surface area contributed by atoms with Gasteiger partial charge in [-0.15, -0.1) is 11.3 Å². The average Bonchev–Trinajstić information content (AvgIpc) is 3.39. The molecule has 0 radical (unpaired) electrons. The highest BCUT2D eigenvalue weighted by Gasteiger charge is 2.41. The van der Waals surface area contributed by atoms with Crippen molar-refractivity contribution in [1.29, 1.82) is 0 Å². The molecule has 4 rings (SSSR count). The number of rotatable bonds is 6. The van der Waals surface area contributed by atoms with E-state index in [0.717, 1.165) is 54.3 Å². The lowest BCUT2D eigenvalue weighted by molar-refractivity contribution is -0.140. The molecular formula is C23H23F3N2O3S2. The first-order valence-electron chi connectivity index (χ1n) is 10.5. The second kappa shape index (κ2) is 8.72. The summed E-state index contributed by atoms with van der Waals surface area (Å²) in [4.78, 5) is 16.6. The monoisotopic (exact) mass is 496 g/mol. The van der Waals surface area contributed by atoms with Crippen molar-refractivity contribution in [3.8, 4) is 0 Å². The van der Waals surface area contributed by atoms with E-state index in [0.29, 0.717) is 5.01 Å². The number of hydrogen-bond acceptors (Lipinski definition) is 5. The summed E-state index contributed by atoms with van der Waals surface area (Å²) in [7, 11) is -4.13. The van der Waals surface area contributed by atoms with Crippen LogP contribution >= 0.6 is 11.3 Å². The molecule has 0 aliphatic heterocycles. The topological polar surface area (TPSA) is 90.1 Å². The smallest absolute Gasteiger partial charge is 0.369 e. The Hall–Kier alpha value is -2.46. The lowest BCUT2D eigenvalue weighted by Gasteiger charge is -2.29. The molecule has 1 aromatic heterocycles. The molecule has 33 heavy (non-hydrogen) atoms. The van der Waals surface area contributed by atoms with Crippen LogP contribution in [0, 0.1) is 5.92 Å². The summed E-state index contributed by atoms with van der Waals surface area (Å²) in [5.74, 6) is -2.28. The van der Waals surface area contributed by atoms with Gasteiger partial charge < -0.3 is 5.73 Å². The molecule has 5 nitrogen and oxygen atoms in total. The third kappa shape index (κ3) is 4.77. The van der Waals surface area contributed by atoms with Crippen molar-refractivity contribution in [3.05, 3.63) is 58.6 Å². The number of nitrogens with two attached hydrogens (primary N) is 1. The first kappa shape index (κ1) is 23.7. The number of primary amides is 1. The molecule has 1 heterocycles. The van der Waals surface area contributed by atoms with E-state index in [9.17, 15) is 26.4 Å². The molecule has 2 N–H and O–H groups in total. The van der Waals surface area contributed by atoms with Crippen LogP contribution in [0.4, 0.5) is 13.2 Å². The van der Waals surface area contributed by atoms with Crippen LogP contribution in [-0.2, 0) is 20.8 Å². The number of fused-ring (bicyclic) bond motifs is 1. The Labute approximate surface area is 193 Å². The molecule has 0 spiro atoms. The number of para-hydroxylation sites is 1. The van der Waals surface area contributed by atoms with Gasteiger partial charge in [-0.3, -0.25) is 4.79 Å². The van der Waals surface area contributed by atoms with Gasteiger partial charge in [0.2, 0.25) is 5.91 Å². The van der Waals surface area contributed by atoms with Gasteiger partial charge in [0.25, 0.3) is 0 Å². The second-order valence-corrected chi connectivity index (χ2v) is 11.5. The maximum atomic E-state index is 13.8.